The summed E-state index contributed by atoms with van der Waals surface area (Å²) >= 11 is 0. The average molecular weight is 266 g/mol. The molecule has 3 nitrogen and oxygen atoms in total. The Hall–Kier alpha value is -2.13. The first-order chi connectivity index (χ1) is 9.74. The summed E-state index contributed by atoms with van der Waals surface area (Å²) in [5, 5.41) is 4.64. The van der Waals surface area contributed by atoms with Gasteiger partial charge in [-0.3, -0.25) is 4.98 Å². The molecule has 0 bridgehead atoms. The standard InChI is InChI=1S/C17H18N2O/c1-12-10-18-8-7-15(12)11-19-13(2)17-9-14-5-3-4-6-16(14)20-17/h3-10,13,19H,11H2,1-2H3. The largest absolute Gasteiger partial charge is 0.459 e. The molecule has 0 aliphatic heterocycles. The number of furan rings is 1. The minimum atomic E-state index is 0.176. The van der Waals surface area contributed by atoms with Crippen LogP contribution in [0.25, 0.3) is 11.0 Å². The maximum absolute atomic E-state index is 5.87. The average Bonchev–Trinajstić information content (AvgIpc) is 2.90. The van der Waals surface area contributed by atoms with Crippen molar-refractivity contribution >= 4 is 11.0 Å². The Morgan fingerprint density at radius 1 is 1.25 bits per heavy atom. The highest BCUT2D eigenvalue weighted by atomic mass is 16.3. The molecule has 0 saturated carbocycles. The van der Waals surface area contributed by atoms with E-state index < -0.39 is 0 Å². The molecule has 3 rings (SSSR count). The first kappa shape index (κ1) is 12.9. The number of aryl methyl sites for hydroxylation is 1. The van der Waals surface area contributed by atoms with Gasteiger partial charge in [0.15, 0.2) is 0 Å². The van der Waals surface area contributed by atoms with Gasteiger partial charge in [-0.05, 0) is 43.2 Å². The van der Waals surface area contributed by atoms with E-state index in [0.717, 1.165) is 23.3 Å². The Kier molecular flexibility index (Phi) is 3.52. The van der Waals surface area contributed by atoms with Gasteiger partial charge in [-0.25, -0.2) is 0 Å². The molecule has 0 aliphatic rings. The van der Waals surface area contributed by atoms with Crippen LogP contribution in [-0.4, -0.2) is 4.98 Å². The monoisotopic (exact) mass is 266 g/mol. The van der Waals surface area contributed by atoms with Crippen LogP contribution in [0.1, 0.15) is 29.9 Å². The van der Waals surface area contributed by atoms with Gasteiger partial charge in [0.2, 0.25) is 0 Å². The second-order valence-corrected chi connectivity index (χ2v) is 5.09. The first-order valence-electron chi connectivity index (χ1n) is 6.85. The molecule has 1 N–H and O–H groups in total. The zero-order valence-corrected chi connectivity index (χ0v) is 11.8. The van der Waals surface area contributed by atoms with E-state index in [2.05, 4.69) is 36.3 Å². The molecule has 1 unspecified atom stereocenters. The summed E-state index contributed by atoms with van der Waals surface area (Å²) in [6.45, 7) is 5.01. The molecule has 0 fully saturated rings. The van der Waals surface area contributed by atoms with E-state index in [0.29, 0.717) is 0 Å². The van der Waals surface area contributed by atoms with Crippen molar-refractivity contribution in [3.63, 3.8) is 0 Å². The zero-order valence-electron chi connectivity index (χ0n) is 11.8. The molecule has 2 heterocycles. The van der Waals surface area contributed by atoms with Gasteiger partial charge in [-0.15, -0.1) is 0 Å². The predicted octanol–water partition coefficient (Wildman–Crippen LogP) is 3.99. The van der Waals surface area contributed by atoms with Gasteiger partial charge in [0.1, 0.15) is 11.3 Å². The van der Waals surface area contributed by atoms with Gasteiger partial charge in [-0.2, -0.15) is 0 Å². The lowest BCUT2D eigenvalue weighted by Crippen LogP contribution is -2.18. The molecular weight excluding hydrogens is 248 g/mol. The third-order valence-corrected chi connectivity index (χ3v) is 3.61. The summed E-state index contributed by atoms with van der Waals surface area (Å²) in [5.41, 5.74) is 3.41. The van der Waals surface area contributed by atoms with E-state index in [4.69, 9.17) is 4.42 Å². The second kappa shape index (κ2) is 5.47. The highest BCUT2D eigenvalue weighted by molar-refractivity contribution is 5.77. The molecule has 20 heavy (non-hydrogen) atoms. The number of para-hydroxylation sites is 1. The highest BCUT2D eigenvalue weighted by Gasteiger charge is 2.11. The maximum Gasteiger partial charge on any atom is 0.134 e. The van der Waals surface area contributed by atoms with E-state index in [1.807, 2.05) is 36.7 Å². The summed E-state index contributed by atoms with van der Waals surface area (Å²) in [5.74, 6) is 0.970. The molecule has 0 aliphatic carbocycles. The number of nitrogens with one attached hydrogen (secondary N) is 1. The van der Waals surface area contributed by atoms with Crippen LogP contribution in [-0.2, 0) is 6.54 Å². The Morgan fingerprint density at radius 3 is 2.90 bits per heavy atom. The van der Waals surface area contributed by atoms with Crippen LogP contribution in [0.2, 0.25) is 0 Å². The van der Waals surface area contributed by atoms with Gasteiger partial charge >= 0.3 is 0 Å². The van der Waals surface area contributed by atoms with Gasteiger partial charge < -0.3 is 9.73 Å². The maximum atomic E-state index is 5.87. The highest BCUT2D eigenvalue weighted by Crippen LogP contribution is 2.23. The van der Waals surface area contributed by atoms with E-state index in [9.17, 15) is 0 Å². The number of nitrogens with zero attached hydrogens (tertiary/aromatic N) is 1. The fourth-order valence-corrected chi connectivity index (χ4v) is 2.28. The summed E-state index contributed by atoms with van der Waals surface area (Å²) in [4.78, 5) is 4.11. The Bertz CT molecular complexity index is 685. The molecule has 0 amide bonds. The molecule has 102 valence electrons. The normalized spacial score (nSPS) is 12.7. The van der Waals surface area contributed by atoms with Crippen molar-refractivity contribution in [2.24, 2.45) is 0 Å². The van der Waals surface area contributed by atoms with Crippen molar-refractivity contribution in [3.8, 4) is 0 Å². The number of benzene rings is 1. The number of fused-ring (bicyclic) bond motifs is 1. The summed E-state index contributed by atoms with van der Waals surface area (Å²) in [6.07, 6.45) is 3.72. The second-order valence-electron chi connectivity index (χ2n) is 5.09. The van der Waals surface area contributed by atoms with Crippen molar-refractivity contribution in [2.45, 2.75) is 26.4 Å². The third-order valence-electron chi connectivity index (χ3n) is 3.61. The van der Waals surface area contributed by atoms with Crippen LogP contribution in [0.4, 0.5) is 0 Å². The van der Waals surface area contributed by atoms with E-state index in [1.165, 1.54) is 11.1 Å². The molecule has 2 aromatic heterocycles. The molecule has 0 spiro atoms. The lowest BCUT2D eigenvalue weighted by molar-refractivity contribution is 0.450. The molecule has 1 atom stereocenters. The number of aromatic nitrogens is 1. The van der Waals surface area contributed by atoms with Crippen LogP contribution in [0, 0.1) is 6.92 Å². The number of pyridine rings is 1. The van der Waals surface area contributed by atoms with Crippen LogP contribution in [0.15, 0.2) is 53.2 Å². The predicted molar refractivity (Wildman–Crippen MR) is 80.4 cm³/mol. The topological polar surface area (TPSA) is 38.1 Å². The summed E-state index contributed by atoms with van der Waals surface area (Å²) < 4.78 is 5.87. The van der Waals surface area contributed by atoms with Crippen molar-refractivity contribution in [1.29, 1.82) is 0 Å². The molecule has 3 heteroatoms. The number of rotatable bonds is 4. The van der Waals surface area contributed by atoms with E-state index in [1.54, 1.807) is 0 Å². The summed E-state index contributed by atoms with van der Waals surface area (Å²) in [6, 6.07) is 12.4. The Balaban J connectivity index is 1.73. The molecule has 0 saturated heterocycles. The van der Waals surface area contributed by atoms with Gasteiger partial charge in [0.05, 0.1) is 6.04 Å². The lowest BCUT2D eigenvalue weighted by atomic mass is 10.1. The Labute approximate surface area is 118 Å². The fraction of sp³-hybridized carbons (Fsp3) is 0.235. The van der Waals surface area contributed by atoms with Crippen LogP contribution in [0.3, 0.4) is 0 Å². The number of hydrogen-bond donors (Lipinski definition) is 1. The smallest absolute Gasteiger partial charge is 0.134 e. The minimum absolute atomic E-state index is 0.176. The van der Waals surface area contributed by atoms with Gasteiger partial charge in [0, 0.05) is 24.3 Å². The zero-order chi connectivity index (χ0) is 13.9. The SMILES string of the molecule is Cc1cnccc1CNC(C)c1cc2ccccc2o1. The quantitative estimate of drug-likeness (QED) is 0.776. The van der Waals surface area contributed by atoms with Crippen LogP contribution in [0.5, 0.6) is 0 Å². The van der Waals surface area contributed by atoms with E-state index in [-0.39, 0.29) is 6.04 Å². The summed E-state index contributed by atoms with van der Waals surface area (Å²) in [7, 11) is 0. The minimum Gasteiger partial charge on any atom is -0.459 e. The van der Waals surface area contributed by atoms with Crippen LogP contribution >= 0.6 is 0 Å². The van der Waals surface area contributed by atoms with Crippen LogP contribution < -0.4 is 5.32 Å². The molecular formula is C17H18N2O. The third kappa shape index (κ3) is 2.58. The lowest BCUT2D eigenvalue weighted by Gasteiger charge is -2.12. The van der Waals surface area contributed by atoms with E-state index >= 15 is 0 Å². The molecule has 3 aromatic rings. The van der Waals surface area contributed by atoms with Gasteiger partial charge in [-0.1, -0.05) is 18.2 Å². The van der Waals surface area contributed by atoms with Crippen molar-refractivity contribution in [1.82, 2.24) is 10.3 Å². The fourth-order valence-electron chi connectivity index (χ4n) is 2.28. The van der Waals surface area contributed by atoms with Crippen molar-refractivity contribution in [2.75, 3.05) is 0 Å². The van der Waals surface area contributed by atoms with Crippen molar-refractivity contribution in [3.05, 3.63) is 65.7 Å². The first-order valence-corrected chi connectivity index (χ1v) is 6.85. The Morgan fingerprint density at radius 2 is 2.10 bits per heavy atom. The number of hydrogen-bond acceptors (Lipinski definition) is 3. The molecule has 0 radical (unpaired) electrons. The van der Waals surface area contributed by atoms with Gasteiger partial charge in [0.25, 0.3) is 0 Å². The van der Waals surface area contributed by atoms with Crippen molar-refractivity contribution < 1.29 is 4.42 Å². The molecule has 1 aromatic carbocycles.